The summed E-state index contributed by atoms with van der Waals surface area (Å²) >= 11 is 0. The van der Waals surface area contributed by atoms with E-state index >= 15 is 0 Å². The molecule has 160 valence electrons. The summed E-state index contributed by atoms with van der Waals surface area (Å²) in [7, 11) is -2.48. The SMILES string of the molecule is Cn1ccc(C2CN[C@H](C(=O)NS(=O)(=O)c3ccc(C4(C(F)(F)F)N=N4)cc3)C2)n1. The molecule has 1 aromatic heterocycles. The number of carbonyl (C=O) groups is 1. The van der Waals surface area contributed by atoms with E-state index in [2.05, 4.69) is 20.6 Å². The standard InChI is InChI=1S/C17H17F3N6O3S/c1-26-7-6-13(22-26)10-8-14(21-9-10)15(27)23-30(28,29)12-4-2-11(3-5-12)16(24-25-16)17(18,19)20/h2-7,10,14,21H,8-9H2,1H3,(H,23,27)/t10?,14-/m0/s1. The van der Waals surface area contributed by atoms with Crippen LogP contribution in [0, 0.1) is 0 Å². The summed E-state index contributed by atoms with van der Waals surface area (Å²) in [6.07, 6.45) is -2.56. The molecule has 1 aromatic carbocycles. The first-order chi connectivity index (χ1) is 14.0. The van der Waals surface area contributed by atoms with E-state index < -0.39 is 33.8 Å². The smallest absolute Gasteiger partial charge is 0.305 e. The molecule has 0 aliphatic carbocycles. The number of halogens is 3. The van der Waals surface area contributed by atoms with Crippen molar-refractivity contribution in [1.82, 2.24) is 19.8 Å². The molecule has 30 heavy (non-hydrogen) atoms. The molecular weight excluding hydrogens is 425 g/mol. The molecule has 2 aliphatic rings. The number of alkyl halides is 3. The highest BCUT2D eigenvalue weighted by Crippen LogP contribution is 2.52. The normalized spacial score (nSPS) is 22.8. The first kappa shape index (κ1) is 20.5. The highest BCUT2D eigenvalue weighted by Gasteiger charge is 2.65. The van der Waals surface area contributed by atoms with E-state index in [1.54, 1.807) is 17.9 Å². The summed E-state index contributed by atoms with van der Waals surface area (Å²) in [5, 5.41) is 13.4. The maximum absolute atomic E-state index is 13.0. The van der Waals surface area contributed by atoms with Gasteiger partial charge in [-0.1, -0.05) is 12.1 Å². The monoisotopic (exact) mass is 442 g/mol. The number of aryl methyl sites for hydroxylation is 1. The zero-order valence-corrected chi connectivity index (χ0v) is 16.4. The number of hydrogen-bond donors (Lipinski definition) is 2. The minimum absolute atomic E-state index is 0.0338. The summed E-state index contributed by atoms with van der Waals surface area (Å²) in [5.41, 5.74) is -2.13. The third-order valence-electron chi connectivity index (χ3n) is 5.10. The number of nitrogens with zero attached hydrogens (tertiary/aromatic N) is 4. The summed E-state index contributed by atoms with van der Waals surface area (Å²) in [6, 6.07) is 5.04. The van der Waals surface area contributed by atoms with Crippen molar-refractivity contribution in [2.75, 3.05) is 6.54 Å². The Kier molecular flexibility index (Phi) is 4.69. The summed E-state index contributed by atoms with van der Waals surface area (Å²) in [6.45, 7) is 0.469. The van der Waals surface area contributed by atoms with Crippen LogP contribution in [0.25, 0.3) is 0 Å². The van der Waals surface area contributed by atoms with Crippen LogP contribution in [0.4, 0.5) is 13.2 Å². The Bertz CT molecular complexity index is 1100. The molecule has 0 spiro atoms. The Hall–Kier alpha value is -2.80. The van der Waals surface area contributed by atoms with Crippen LogP contribution < -0.4 is 10.0 Å². The zero-order chi connectivity index (χ0) is 21.7. The van der Waals surface area contributed by atoms with Crippen LogP contribution in [0.15, 0.2) is 51.7 Å². The maximum atomic E-state index is 13.0. The molecule has 1 saturated heterocycles. The lowest BCUT2D eigenvalue weighted by molar-refractivity contribution is -0.166. The lowest BCUT2D eigenvalue weighted by atomic mass is 10.0. The number of benzene rings is 1. The second-order valence-electron chi connectivity index (χ2n) is 7.17. The molecular formula is C17H17F3N6O3S. The predicted molar refractivity (Wildman–Crippen MR) is 96.7 cm³/mol. The lowest BCUT2D eigenvalue weighted by Gasteiger charge is -2.15. The van der Waals surface area contributed by atoms with Crippen molar-refractivity contribution in [3.8, 4) is 0 Å². The van der Waals surface area contributed by atoms with E-state index in [4.69, 9.17) is 0 Å². The van der Waals surface area contributed by atoms with Gasteiger partial charge in [-0.2, -0.15) is 18.3 Å². The van der Waals surface area contributed by atoms with Gasteiger partial charge in [0.25, 0.3) is 15.9 Å². The number of rotatable bonds is 5. The molecule has 0 bridgehead atoms. The van der Waals surface area contributed by atoms with Gasteiger partial charge in [0.1, 0.15) is 0 Å². The maximum Gasteiger partial charge on any atom is 0.442 e. The lowest BCUT2D eigenvalue weighted by Crippen LogP contribution is -2.43. The van der Waals surface area contributed by atoms with Crippen LogP contribution in [0.5, 0.6) is 0 Å². The van der Waals surface area contributed by atoms with Crippen molar-refractivity contribution in [3.05, 3.63) is 47.8 Å². The largest absolute Gasteiger partial charge is 0.442 e. The second kappa shape index (κ2) is 6.87. The first-order valence-electron chi connectivity index (χ1n) is 8.93. The molecule has 1 fully saturated rings. The van der Waals surface area contributed by atoms with Crippen molar-refractivity contribution in [1.29, 1.82) is 0 Å². The van der Waals surface area contributed by atoms with Gasteiger partial charge in [0.05, 0.1) is 16.6 Å². The van der Waals surface area contributed by atoms with Gasteiger partial charge >= 0.3 is 11.8 Å². The van der Waals surface area contributed by atoms with Crippen molar-refractivity contribution in [2.24, 2.45) is 17.3 Å². The first-order valence-corrected chi connectivity index (χ1v) is 10.4. The third kappa shape index (κ3) is 3.58. The Morgan fingerprint density at radius 3 is 2.43 bits per heavy atom. The van der Waals surface area contributed by atoms with Gasteiger partial charge in [-0.3, -0.25) is 9.48 Å². The topological polar surface area (TPSA) is 118 Å². The van der Waals surface area contributed by atoms with Crippen molar-refractivity contribution in [3.63, 3.8) is 0 Å². The Balaban J connectivity index is 1.42. The highest BCUT2D eigenvalue weighted by molar-refractivity contribution is 7.90. The average Bonchev–Trinajstić information content (AvgIpc) is 3.16. The zero-order valence-electron chi connectivity index (χ0n) is 15.6. The van der Waals surface area contributed by atoms with E-state index in [0.29, 0.717) is 13.0 Å². The molecule has 2 N–H and O–H groups in total. The Morgan fingerprint density at radius 2 is 1.90 bits per heavy atom. The number of hydrogen-bond acceptors (Lipinski definition) is 7. The van der Waals surface area contributed by atoms with E-state index in [1.807, 2.05) is 10.8 Å². The molecule has 4 rings (SSSR count). The number of amides is 1. The molecule has 2 atom stereocenters. The molecule has 2 aromatic rings. The number of aromatic nitrogens is 2. The number of nitrogens with one attached hydrogen (secondary N) is 2. The molecule has 9 nitrogen and oxygen atoms in total. The van der Waals surface area contributed by atoms with Crippen LogP contribution in [0.2, 0.25) is 0 Å². The van der Waals surface area contributed by atoms with Crippen LogP contribution in [0.1, 0.15) is 23.6 Å². The number of carbonyl (C=O) groups excluding carboxylic acids is 1. The number of sulfonamides is 1. The van der Waals surface area contributed by atoms with Crippen molar-refractivity contribution < 1.29 is 26.4 Å². The van der Waals surface area contributed by atoms with Crippen LogP contribution in [-0.4, -0.2) is 42.9 Å². The minimum Gasteiger partial charge on any atom is -0.305 e. The Labute approximate surface area is 169 Å². The van der Waals surface area contributed by atoms with Gasteiger partial charge in [-0.15, -0.1) is 10.2 Å². The van der Waals surface area contributed by atoms with E-state index in [0.717, 1.165) is 30.0 Å². The van der Waals surface area contributed by atoms with Gasteiger partial charge in [-0.05, 0) is 24.6 Å². The molecule has 0 saturated carbocycles. The fourth-order valence-electron chi connectivity index (χ4n) is 3.38. The van der Waals surface area contributed by atoms with E-state index in [9.17, 15) is 26.4 Å². The second-order valence-corrected chi connectivity index (χ2v) is 8.85. The summed E-state index contributed by atoms with van der Waals surface area (Å²) < 4.78 is 67.7. The van der Waals surface area contributed by atoms with Gasteiger partial charge in [0, 0.05) is 31.3 Å². The van der Waals surface area contributed by atoms with E-state index in [1.165, 1.54) is 0 Å². The molecule has 1 unspecified atom stereocenters. The summed E-state index contributed by atoms with van der Waals surface area (Å²) in [4.78, 5) is 12.1. The van der Waals surface area contributed by atoms with Crippen molar-refractivity contribution >= 4 is 15.9 Å². The third-order valence-corrected chi connectivity index (χ3v) is 6.46. The molecule has 1 amide bonds. The quantitative estimate of drug-likeness (QED) is 0.729. The van der Waals surface area contributed by atoms with Crippen LogP contribution >= 0.6 is 0 Å². The molecule has 3 heterocycles. The van der Waals surface area contributed by atoms with Crippen LogP contribution in [0.3, 0.4) is 0 Å². The van der Waals surface area contributed by atoms with E-state index in [-0.39, 0.29) is 16.4 Å². The highest BCUT2D eigenvalue weighted by atomic mass is 32.2. The van der Waals surface area contributed by atoms with Crippen LogP contribution in [-0.2, 0) is 27.5 Å². The molecule has 2 aliphatic heterocycles. The fraction of sp³-hybridized carbons (Fsp3) is 0.412. The van der Waals surface area contributed by atoms with Gasteiger partial charge in [0.2, 0.25) is 0 Å². The van der Waals surface area contributed by atoms with Gasteiger partial charge in [-0.25, -0.2) is 13.1 Å². The predicted octanol–water partition coefficient (Wildman–Crippen LogP) is 1.55. The minimum atomic E-state index is -4.71. The molecule has 13 heteroatoms. The summed E-state index contributed by atoms with van der Waals surface area (Å²) in [5.74, 6) is -0.773. The fourth-order valence-corrected chi connectivity index (χ4v) is 4.40. The van der Waals surface area contributed by atoms with Crippen molar-refractivity contribution in [2.45, 2.75) is 35.1 Å². The van der Waals surface area contributed by atoms with Gasteiger partial charge in [0.15, 0.2) is 0 Å². The Morgan fingerprint density at radius 1 is 1.23 bits per heavy atom. The average molecular weight is 442 g/mol. The van der Waals surface area contributed by atoms with Gasteiger partial charge < -0.3 is 5.32 Å². The molecule has 0 radical (unpaired) electrons.